The van der Waals surface area contributed by atoms with Crippen molar-refractivity contribution < 1.29 is 8.42 Å². The predicted molar refractivity (Wildman–Crippen MR) is 81.9 cm³/mol. The minimum atomic E-state index is -3.43. The topological polar surface area (TPSA) is 126 Å². The van der Waals surface area contributed by atoms with E-state index >= 15 is 0 Å². The first kappa shape index (κ1) is 15.7. The lowest BCUT2D eigenvalue weighted by molar-refractivity contribution is 0.595. The molecule has 0 atom stereocenters. The number of hydrogen-bond donors (Lipinski definition) is 3. The standard InChI is InChI=1S/C11H21N7O2S/c1-13-9-15-10(14-5-4-8-21(12,19)20)17-11(16-9)18-6-2-3-7-18/h2-8H2,1H3,(H2,12,19,20)(H2,13,14,15,16,17). The molecule has 0 aliphatic carbocycles. The van der Waals surface area contributed by atoms with E-state index in [2.05, 4.69) is 30.5 Å². The lowest BCUT2D eigenvalue weighted by Crippen LogP contribution is -2.23. The Bertz CT molecular complexity index is 572. The molecule has 1 fully saturated rings. The molecule has 0 unspecified atom stereocenters. The molecule has 0 amide bonds. The van der Waals surface area contributed by atoms with Crippen LogP contribution in [0.2, 0.25) is 0 Å². The van der Waals surface area contributed by atoms with E-state index in [1.165, 1.54) is 0 Å². The van der Waals surface area contributed by atoms with Crippen LogP contribution in [0.4, 0.5) is 17.8 Å². The van der Waals surface area contributed by atoms with Crippen LogP contribution in [0, 0.1) is 0 Å². The second-order valence-corrected chi connectivity index (χ2v) is 6.61. The zero-order valence-electron chi connectivity index (χ0n) is 12.0. The van der Waals surface area contributed by atoms with Crippen molar-refractivity contribution in [2.45, 2.75) is 19.3 Å². The molecule has 1 aromatic rings. The van der Waals surface area contributed by atoms with Crippen LogP contribution in [0.3, 0.4) is 0 Å². The van der Waals surface area contributed by atoms with Gasteiger partial charge in [0.1, 0.15) is 0 Å². The second-order valence-electron chi connectivity index (χ2n) is 4.87. The van der Waals surface area contributed by atoms with Crippen LogP contribution in [-0.2, 0) is 10.0 Å². The lowest BCUT2D eigenvalue weighted by Gasteiger charge is -2.16. The summed E-state index contributed by atoms with van der Waals surface area (Å²) in [4.78, 5) is 15.0. The highest BCUT2D eigenvalue weighted by molar-refractivity contribution is 7.89. The Balaban J connectivity index is 1.99. The fourth-order valence-electron chi connectivity index (χ4n) is 2.09. The van der Waals surface area contributed by atoms with Gasteiger partial charge in [-0.15, -0.1) is 0 Å². The first-order valence-corrected chi connectivity index (χ1v) is 8.62. The highest BCUT2D eigenvalue weighted by atomic mass is 32.2. The number of nitrogens with two attached hydrogens (primary N) is 1. The van der Waals surface area contributed by atoms with E-state index in [0.29, 0.717) is 30.8 Å². The summed E-state index contributed by atoms with van der Waals surface area (Å²) in [5, 5.41) is 10.9. The Labute approximate surface area is 124 Å². The van der Waals surface area contributed by atoms with Gasteiger partial charge in [-0.1, -0.05) is 0 Å². The Morgan fingerprint density at radius 2 is 1.86 bits per heavy atom. The molecule has 4 N–H and O–H groups in total. The minimum Gasteiger partial charge on any atom is -0.357 e. The largest absolute Gasteiger partial charge is 0.357 e. The van der Waals surface area contributed by atoms with Gasteiger partial charge in [0.05, 0.1) is 5.75 Å². The molecule has 0 aromatic carbocycles. The number of primary sulfonamides is 1. The maximum atomic E-state index is 10.9. The first-order chi connectivity index (χ1) is 9.98. The molecule has 10 heteroatoms. The molecular formula is C11H21N7O2S. The van der Waals surface area contributed by atoms with Crippen LogP contribution in [0.25, 0.3) is 0 Å². The Morgan fingerprint density at radius 3 is 2.48 bits per heavy atom. The summed E-state index contributed by atoms with van der Waals surface area (Å²) in [7, 11) is -1.68. The zero-order valence-corrected chi connectivity index (χ0v) is 12.9. The number of nitrogens with zero attached hydrogens (tertiary/aromatic N) is 4. The number of nitrogens with one attached hydrogen (secondary N) is 2. The Morgan fingerprint density at radius 1 is 1.19 bits per heavy atom. The molecular weight excluding hydrogens is 294 g/mol. The summed E-state index contributed by atoms with van der Waals surface area (Å²) >= 11 is 0. The molecule has 1 saturated heterocycles. The van der Waals surface area contributed by atoms with E-state index in [1.54, 1.807) is 7.05 Å². The van der Waals surface area contributed by atoms with Crippen LogP contribution < -0.4 is 20.7 Å². The number of anilines is 3. The van der Waals surface area contributed by atoms with Crippen molar-refractivity contribution in [2.75, 3.05) is 48.0 Å². The fraction of sp³-hybridized carbons (Fsp3) is 0.727. The van der Waals surface area contributed by atoms with Gasteiger partial charge in [0.2, 0.25) is 27.9 Å². The van der Waals surface area contributed by atoms with Crippen LogP contribution in [0.1, 0.15) is 19.3 Å². The third-order valence-electron chi connectivity index (χ3n) is 3.12. The molecule has 0 spiro atoms. The van der Waals surface area contributed by atoms with Gasteiger partial charge < -0.3 is 15.5 Å². The van der Waals surface area contributed by atoms with Gasteiger partial charge in [0.15, 0.2) is 0 Å². The molecule has 21 heavy (non-hydrogen) atoms. The quantitative estimate of drug-likeness (QED) is 0.580. The van der Waals surface area contributed by atoms with Crippen molar-refractivity contribution in [3.05, 3.63) is 0 Å². The summed E-state index contributed by atoms with van der Waals surface area (Å²) in [6.07, 6.45) is 2.67. The summed E-state index contributed by atoms with van der Waals surface area (Å²) in [5.74, 6) is 1.50. The molecule has 118 valence electrons. The summed E-state index contributed by atoms with van der Waals surface area (Å²) in [6.45, 7) is 2.32. The van der Waals surface area contributed by atoms with Crippen molar-refractivity contribution >= 4 is 27.9 Å². The number of rotatable bonds is 7. The van der Waals surface area contributed by atoms with E-state index in [-0.39, 0.29) is 5.75 Å². The van der Waals surface area contributed by atoms with Crippen LogP contribution >= 0.6 is 0 Å². The molecule has 2 rings (SSSR count). The van der Waals surface area contributed by atoms with Crippen molar-refractivity contribution in [2.24, 2.45) is 5.14 Å². The smallest absolute Gasteiger partial charge is 0.231 e. The maximum absolute atomic E-state index is 10.9. The predicted octanol–water partition coefficient (Wildman–Crippen LogP) is -0.396. The molecule has 0 radical (unpaired) electrons. The van der Waals surface area contributed by atoms with E-state index in [1.807, 2.05) is 0 Å². The molecule has 0 saturated carbocycles. The van der Waals surface area contributed by atoms with E-state index in [4.69, 9.17) is 5.14 Å². The van der Waals surface area contributed by atoms with Crippen molar-refractivity contribution in [1.29, 1.82) is 0 Å². The van der Waals surface area contributed by atoms with E-state index < -0.39 is 10.0 Å². The van der Waals surface area contributed by atoms with Gasteiger partial charge in [-0.05, 0) is 19.3 Å². The van der Waals surface area contributed by atoms with Gasteiger partial charge in [-0.2, -0.15) is 15.0 Å². The van der Waals surface area contributed by atoms with Gasteiger partial charge in [0.25, 0.3) is 0 Å². The molecule has 1 aromatic heterocycles. The summed E-state index contributed by atoms with van der Waals surface area (Å²) < 4.78 is 21.7. The number of sulfonamides is 1. The highest BCUT2D eigenvalue weighted by Gasteiger charge is 2.17. The summed E-state index contributed by atoms with van der Waals surface area (Å²) in [5.41, 5.74) is 0. The average Bonchev–Trinajstić information content (AvgIpc) is 2.96. The SMILES string of the molecule is CNc1nc(NCCCS(N)(=O)=O)nc(N2CCCC2)n1. The zero-order chi connectivity index (χ0) is 15.3. The lowest BCUT2D eigenvalue weighted by atomic mass is 10.4. The third kappa shape index (κ3) is 4.97. The first-order valence-electron chi connectivity index (χ1n) is 6.91. The normalized spacial score (nSPS) is 15.2. The monoisotopic (exact) mass is 315 g/mol. The van der Waals surface area contributed by atoms with E-state index in [0.717, 1.165) is 25.9 Å². The minimum absolute atomic E-state index is 0.0665. The highest BCUT2D eigenvalue weighted by Crippen LogP contribution is 2.18. The summed E-state index contributed by atoms with van der Waals surface area (Å²) in [6, 6.07) is 0. The number of aromatic nitrogens is 3. The van der Waals surface area contributed by atoms with Gasteiger partial charge >= 0.3 is 0 Å². The molecule has 0 bridgehead atoms. The fourth-order valence-corrected chi connectivity index (χ4v) is 2.63. The Hall–Kier alpha value is -1.68. The second kappa shape index (κ2) is 6.85. The Kier molecular flexibility index (Phi) is 5.12. The van der Waals surface area contributed by atoms with Crippen molar-refractivity contribution in [3.63, 3.8) is 0 Å². The molecule has 9 nitrogen and oxygen atoms in total. The van der Waals surface area contributed by atoms with Gasteiger partial charge in [-0.3, -0.25) is 0 Å². The van der Waals surface area contributed by atoms with Crippen molar-refractivity contribution in [1.82, 2.24) is 15.0 Å². The van der Waals surface area contributed by atoms with Crippen LogP contribution in [-0.4, -0.2) is 55.8 Å². The van der Waals surface area contributed by atoms with E-state index in [9.17, 15) is 8.42 Å². The number of hydrogen-bond acceptors (Lipinski definition) is 8. The molecule has 1 aliphatic rings. The average molecular weight is 315 g/mol. The van der Waals surface area contributed by atoms with Gasteiger partial charge in [-0.25, -0.2) is 13.6 Å². The third-order valence-corrected chi connectivity index (χ3v) is 3.98. The molecule has 1 aliphatic heterocycles. The molecule has 2 heterocycles. The maximum Gasteiger partial charge on any atom is 0.231 e. The van der Waals surface area contributed by atoms with Gasteiger partial charge in [0, 0.05) is 26.7 Å². The van der Waals surface area contributed by atoms with Crippen molar-refractivity contribution in [3.8, 4) is 0 Å². The van der Waals surface area contributed by atoms with Crippen LogP contribution in [0.15, 0.2) is 0 Å². The van der Waals surface area contributed by atoms with Crippen LogP contribution in [0.5, 0.6) is 0 Å².